The fraction of sp³-hybridized carbons (Fsp3) is 0.647. The summed E-state index contributed by atoms with van der Waals surface area (Å²) in [6, 6.07) is 2.03. The summed E-state index contributed by atoms with van der Waals surface area (Å²) in [4.78, 5) is 9.39. The lowest BCUT2D eigenvalue weighted by Gasteiger charge is -2.27. The quantitative estimate of drug-likeness (QED) is 0.786. The number of pyridine rings is 1. The molecule has 114 valence electrons. The summed E-state index contributed by atoms with van der Waals surface area (Å²) in [5.74, 6) is 3.32. The largest absolute Gasteiger partial charge is 0.312 e. The number of hydrogen-bond acceptors (Lipinski definition) is 2. The molecular weight excluding hydrogens is 282 g/mol. The van der Waals surface area contributed by atoms with E-state index in [0.29, 0.717) is 5.88 Å². The van der Waals surface area contributed by atoms with Gasteiger partial charge in [0.05, 0.1) is 0 Å². The molecule has 3 rings (SSSR count). The maximum absolute atomic E-state index is 5.97. The molecule has 0 radical (unpaired) electrons. The maximum atomic E-state index is 5.97. The molecule has 1 aliphatic rings. The van der Waals surface area contributed by atoms with Gasteiger partial charge >= 0.3 is 0 Å². The van der Waals surface area contributed by atoms with Crippen molar-refractivity contribution in [3.8, 4) is 0 Å². The van der Waals surface area contributed by atoms with Crippen molar-refractivity contribution in [1.82, 2.24) is 14.5 Å². The molecular formula is C17H24ClN3. The van der Waals surface area contributed by atoms with Gasteiger partial charge in [0.25, 0.3) is 0 Å². The Bertz CT molecular complexity index is 620. The average Bonchev–Trinajstić information content (AvgIpc) is 2.79. The van der Waals surface area contributed by atoms with Crippen molar-refractivity contribution in [2.24, 2.45) is 11.8 Å². The molecule has 2 atom stereocenters. The highest BCUT2D eigenvalue weighted by atomic mass is 35.5. The maximum Gasteiger partial charge on any atom is 0.160 e. The van der Waals surface area contributed by atoms with Gasteiger partial charge in [-0.1, -0.05) is 19.8 Å². The monoisotopic (exact) mass is 305 g/mol. The van der Waals surface area contributed by atoms with Gasteiger partial charge in [-0.3, -0.25) is 0 Å². The van der Waals surface area contributed by atoms with Gasteiger partial charge in [0.2, 0.25) is 0 Å². The van der Waals surface area contributed by atoms with Crippen molar-refractivity contribution in [2.45, 2.75) is 52.5 Å². The smallest absolute Gasteiger partial charge is 0.160 e. The Morgan fingerprint density at radius 1 is 1.38 bits per heavy atom. The average molecular weight is 306 g/mol. The lowest BCUT2D eigenvalue weighted by Crippen LogP contribution is -2.20. The van der Waals surface area contributed by atoms with Crippen LogP contribution in [0.3, 0.4) is 0 Å². The number of nitrogens with zero attached hydrogens (tertiary/aromatic N) is 3. The first kappa shape index (κ1) is 14.8. The zero-order valence-electron chi connectivity index (χ0n) is 13.0. The number of aromatic nitrogens is 3. The molecule has 0 aliphatic heterocycles. The summed E-state index contributed by atoms with van der Waals surface area (Å²) in [7, 11) is 0. The molecule has 2 aromatic heterocycles. The third-order valence-corrected chi connectivity index (χ3v) is 4.91. The minimum Gasteiger partial charge on any atom is -0.312 e. The van der Waals surface area contributed by atoms with Crippen LogP contribution in [0.2, 0.25) is 0 Å². The van der Waals surface area contributed by atoms with E-state index < -0.39 is 0 Å². The second-order valence-corrected chi connectivity index (χ2v) is 6.89. The number of fused-ring (bicyclic) bond motifs is 1. The molecule has 0 bridgehead atoms. The van der Waals surface area contributed by atoms with Crippen LogP contribution in [0.25, 0.3) is 11.2 Å². The number of alkyl halides is 1. The van der Waals surface area contributed by atoms with Crippen molar-refractivity contribution in [2.75, 3.05) is 5.88 Å². The van der Waals surface area contributed by atoms with Gasteiger partial charge in [-0.25, -0.2) is 9.97 Å². The van der Waals surface area contributed by atoms with Crippen LogP contribution < -0.4 is 0 Å². The van der Waals surface area contributed by atoms with Crippen LogP contribution in [0.15, 0.2) is 12.3 Å². The van der Waals surface area contributed by atoms with E-state index in [4.69, 9.17) is 16.6 Å². The predicted molar refractivity (Wildman–Crippen MR) is 87.8 cm³/mol. The Hall–Kier alpha value is -1.09. The molecule has 2 unspecified atom stereocenters. The molecule has 1 fully saturated rings. The molecule has 0 saturated heterocycles. The fourth-order valence-electron chi connectivity index (χ4n) is 3.63. The summed E-state index contributed by atoms with van der Waals surface area (Å²) in [6.45, 7) is 5.53. The molecule has 1 saturated carbocycles. The van der Waals surface area contributed by atoms with Gasteiger partial charge in [0, 0.05) is 25.0 Å². The van der Waals surface area contributed by atoms with Crippen LogP contribution in [0, 0.1) is 18.8 Å². The standard InChI is InChI=1S/C17H24ClN3/c1-12-4-3-5-14(10-12)11-21-15(6-8-18)20-16-13(2)7-9-19-17(16)21/h7,9,12,14H,3-6,8,10-11H2,1-2H3. The van der Waals surface area contributed by atoms with E-state index in [9.17, 15) is 0 Å². The van der Waals surface area contributed by atoms with Crippen molar-refractivity contribution in [3.63, 3.8) is 0 Å². The number of hydrogen-bond donors (Lipinski definition) is 0. The van der Waals surface area contributed by atoms with Gasteiger partial charge in [-0.05, 0) is 43.2 Å². The Morgan fingerprint density at radius 2 is 2.24 bits per heavy atom. The van der Waals surface area contributed by atoms with Crippen LogP contribution in [0.1, 0.15) is 44.0 Å². The molecule has 4 heteroatoms. The minimum atomic E-state index is 0.615. The van der Waals surface area contributed by atoms with E-state index in [1.54, 1.807) is 0 Å². The lowest BCUT2D eigenvalue weighted by atomic mass is 9.82. The Morgan fingerprint density at radius 3 is 3.00 bits per heavy atom. The summed E-state index contributed by atoms with van der Waals surface area (Å²) in [6.07, 6.45) is 8.11. The highest BCUT2D eigenvalue weighted by Crippen LogP contribution is 2.31. The van der Waals surface area contributed by atoms with E-state index in [1.807, 2.05) is 12.3 Å². The molecule has 0 N–H and O–H groups in total. The van der Waals surface area contributed by atoms with Crippen LogP contribution in [-0.4, -0.2) is 20.4 Å². The molecule has 0 spiro atoms. The van der Waals surface area contributed by atoms with Gasteiger partial charge < -0.3 is 4.57 Å². The third kappa shape index (κ3) is 3.08. The topological polar surface area (TPSA) is 30.7 Å². The summed E-state index contributed by atoms with van der Waals surface area (Å²) in [5, 5.41) is 0. The summed E-state index contributed by atoms with van der Waals surface area (Å²) >= 11 is 5.97. The van der Waals surface area contributed by atoms with Crippen LogP contribution in [0.4, 0.5) is 0 Å². The normalized spacial score (nSPS) is 22.8. The zero-order valence-corrected chi connectivity index (χ0v) is 13.7. The highest BCUT2D eigenvalue weighted by Gasteiger charge is 2.22. The molecule has 1 aliphatic carbocycles. The molecule has 0 aromatic carbocycles. The SMILES string of the molecule is Cc1ccnc2c1nc(CCCl)n2CC1CCCC(C)C1. The first-order valence-corrected chi connectivity index (χ1v) is 8.59. The number of aryl methyl sites for hydroxylation is 2. The van der Waals surface area contributed by atoms with Crippen LogP contribution in [-0.2, 0) is 13.0 Å². The number of rotatable bonds is 4. The number of halogens is 1. The van der Waals surface area contributed by atoms with E-state index in [1.165, 1.54) is 31.2 Å². The van der Waals surface area contributed by atoms with Gasteiger partial charge in [0.1, 0.15) is 11.3 Å². The Balaban J connectivity index is 1.95. The Labute approximate surface area is 131 Å². The molecule has 3 nitrogen and oxygen atoms in total. The zero-order chi connectivity index (χ0) is 14.8. The van der Waals surface area contributed by atoms with Crippen molar-refractivity contribution in [1.29, 1.82) is 0 Å². The van der Waals surface area contributed by atoms with E-state index in [2.05, 4.69) is 23.4 Å². The van der Waals surface area contributed by atoms with Crippen LogP contribution >= 0.6 is 11.6 Å². The first-order valence-electron chi connectivity index (χ1n) is 8.05. The highest BCUT2D eigenvalue weighted by molar-refractivity contribution is 6.17. The second-order valence-electron chi connectivity index (χ2n) is 6.52. The van der Waals surface area contributed by atoms with Gasteiger partial charge in [-0.15, -0.1) is 11.6 Å². The molecule has 2 aromatic rings. The van der Waals surface area contributed by atoms with Crippen molar-refractivity contribution in [3.05, 3.63) is 23.7 Å². The number of imidazole rings is 1. The Kier molecular flexibility index (Phi) is 4.48. The van der Waals surface area contributed by atoms with Crippen molar-refractivity contribution >= 4 is 22.8 Å². The second kappa shape index (κ2) is 6.35. The fourth-order valence-corrected chi connectivity index (χ4v) is 3.80. The predicted octanol–water partition coefficient (Wildman–Crippen LogP) is 4.35. The van der Waals surface area contributed by atoms with E-state index >= 15 is 0 Å². The summed E-state index contributed by atoms with van der Waals surface area (Å²) in [5.41, 5.74) is 3.28. The minimum absolute atomic E-state index is 0.615. The summed E-state index contributed by atoms with van der Waals surface area (Å²) < 4.78 is 2.33. The first-order chi connectivity index (χ1) is 10.2. The molecule has 2 heterocycles. The van der Waals surface area contributed by atoms with Gasteiger partial charge in [-0.2, -0.15) is 0 Å². The van der Waals surface area contributed by atoms with Crippen molar-refractivity contribution < 1.29 is 0 Å². The lowest BCUT2D eigenvalue weighted by molar-refractivity contribution is 0.257. The van der Waals surface area contributed by atoms with E-state index in [-0.39, 0.29) is 0 Å². The third-order valence-electron chi connectivity index (χ3n) is 4.72. The van der Waals surface area contributed by atoms with Gasteiger partial charge in [0.15, 0.2) is 5.65 Å². The van der Waals surface area contributed by atoms with E-state index in [0.717, 1.165) is 41.8 Å². The molecule has 0 amide bonds. The molecule has 21 heavy (non-hydrogen) atoms. The van der Waals surface area contributed by atoms with Crippen LogP contribution in [0.5, 0.6) is 0 Å².